The van der Waals surface area contributed by atoms with Gasteiger partial charge in [0.2, 0.25) is 0 Å². The van der Waals surface area contributed by atoms with Gasteiger partial charge in [0, 0.05) is 11.8 Å². The second-order valence-electron chi connectivity index (χ2n) is 8.46. The maximum Gasteiger partial charge on any atom is 0.309 e. The van der Waals surface area contributed by atoms with E-state index in [0.717, 1.165) is 32.1 Å². The minimum absolute atomic E-state index is 0.0213. The molecule has 0 unspecified atom stereocenters. The summed E-state index contributed by atoms with van der Waals surface area (Å²) in [6.45, 7) is 0.521. The minimum atomic E-state index is -0.353. The van der Waals surface area contributed by atoms with Gasteiger partial charge in [-0.25, -0.2) is 0 Å². The van der Waals surface area contributed by atoms with Crippen molar-refractivity contribution in [1.29, 1.82) is 0 Å². The van der Waals surface area contributed by atoms with Gasteiger partial charge in [-0.1, -0.05) is 5.57 Å². The summed E-state index contributed by atoms with van der Waals surface area (Å²) in [4.78, 5) is 23.8. The molecule has 0 amide bonds. The molecule has 1 spiro atoms. The molecule has 0 aromatic carbocycles. The van der Waals surface area contributed by atoms with Crippen molar-refractivity contribution in [2.75, 3.05) is 6.61 Å². The summed E-state index contributed by atoms with van der Waals surface area (Å²) in [5.41, 5.74) is 1.19. The molecule has 4 fully saturated rings. The van der Waals surface area contributed by atoms with Crippen LogP contribution in [0.15, 0.2) is 11.6 Å². The van der Waals surface area contributed by atoms with Crippen LogP contribution < -0.4 is 0 Å². The first-order valence-corrected chi connectivity index (χ1v) is 9.18. The normalized spacial score (nSPS) is 51.3. The van der Waals surface area contributed by atoms with E-state index < -0.39 is 0 Å². The first-order valence-electron chi connectivity index (χ1n) is 9.18. The molecule has 124 valence electrons. The van der Waals surface area contributed by atoms with E-state index >= 15 is 0 Å². The second kappa shape index (κ2) is 4.69. The summed E-state index contributed by atoms with van der Waals surface area (Å²) in [7, 11) is 0. The molecule has 7 atom stereocenters. The van der Waals surface area contributed by atoms with Gasteiger partial charge in [0.1, 0.15) is 0 Å². The lowest BCUT2D eigenvalue weighted by Crippen LogP contribution is -2.54. The van der Waals surface area contributed by atoms with Gasteiger partial charge in [-0.05, 0) is 68.3 Å². The van der Waals surface area contributed by atoms with Gasteiger partial charge in [-0.3, -0.25) is 9.59 Å². The standard InChI is InChI=1S/C19H24O4/c20-11-2-4-12-10(7-11)1-3-13-14-5-6-15-18(22)23-9-19(14,15)8-16(21)17(12)13/h7,12-17,21H,1-6,8-9H2/t12-,13-,14-,15+,16-,17+,19+/m0/s1. The van der Waals surface area contributed by atoms with Crippen molar-refractivity contribution < 1.29 is 19.4 Å². The predicted octanol–water partition coefficient (Wildman–Crippen LogP) is 2.25. The Hall–Kier alpha value is -1.16. The zero-order chi connectivity index (χ0) is 15.8. The number of carbonyl (C=O) groups excluding carboxylic acids is 2. The van der Waals surface area contributed by atoms with Crippen molar-refractivity contribution in [2.45, 2.75) is 51.0 Å². The van der Waals surface area contributed by atoms with Crippen molar-refractivity contribution in [3.63, 3.8) is 0 Å². The molecule has 0 aromatic heterocycles. The van der Waals surface area contributed by atoms with Crippen molar-refractivity contribution >= 4 is 11.8 Å². The first kappa shape index (κ1) is 14.2. The highest BCUT2D eigenvalue weighted by Crippen LogP contribution is 2.65. The number of aliphatic hydroxyl groups excluding tert-OH is 1. The molecule has 5 rings (SSSR count). The highest BCUT2D eigenvalue weighted by atomic mass is 16.5. The van der Waals surface area contributed by atoms with E-state index in [0.29, 0.717) is 37.2 Å². The average Bonchev–Trinajstić information content (AvgIpc) is 3.04. The number of allylic oxidation sites excluding steroid dienone is 1. The monoisotopic (exact) mass is 316 g/mol. The third-order valence-electron chi connectivity index (χ3n) is 7.77. The summed E-state index contributed by atoms with van der Waals surface area (Å²) in [6, 6.07) is 0. The van der Waals surface area contributed by atoms with Crippen LogP contribution in [0.5, 0.6) is 0 Å². The van der Waals surface area contributed by atoms with Gasteiger partial charge in [0.25, 0.3) is 0 Å². The van der Waals surface area contributed by atoms with Gasteiger partial charge in [0.15, 0.2) is 5.78 Å². The van der Waals surface area contributed by atoms with Crippen molar-refractivity contribution in [1.82, 2.24) is 0 Å². The summed E-state index contributed by atoms with van der Waals surface area (Å²) < 4.78 is 5.42. The zero-order valence-electron chi connectivity index (χ0n) is 13.4. The number of fused-ring (bicyclic) bond motifs is 4. The summed E-state index contributed by atoms with van der Waals surface area (Å²) >= 11 is 0. The molecule has 4 aliphatic carbocycles. The fourth-order valence-corrected chi connectivity index (χ4v) is 6.98. The van der Waals surface area contributed by atoms with Crippen molar-refractivity contribution in [3.05, 3.63) is 11.6 Å². The van der Waals surface area contributed by atoms with Crippen LogP contribution in [0, 0.1) is 35.0 Å². The third-order valence-corrected chi connectivity index (χ3v) is 7.77. The maximum absolute atomic E-state index is 12.1. The average molecular weight is 316 g/mol. The van der Waals surface area contributed by atoms with Crippen LogP contribution in [-0.4, -0.2) is 29.6 Å². The second-order valence-corrected chi connectivity index (χ2v) is 8.46. The lowest BCUT2D eigenvalue weighted by molar-refractivity contribution is -0.141. The Morgan fingerprint density at radius 1 is 1.13 bits per heavy atom. The van der Waals surface area contributed by atoms with Gasteiger partial charge in [-0.2, -0.15) is 0 Å². The van der Waals surface area contributed by atoms with E-state index in [-0.39, 0.29) is 35.1 Å². The number of ketones is 1. The summed E-state index contributed by atoms with van der Waals surface area (Å²) in [6.07, 6.45) is 7.86. The molecule has 4 heteroatoms. The van der Waals surface area contributed by atoms with Crippen LogP contribution in [-0.2, 0) is 14.3 Å². The quantitative estimate of drug-likeness (QED) is 0.696. The minimum Gasteiger partial charge on any atom is -0.465 e. The molecule has 1 N–H and O–H groups in total. The largest absolute Gasteiger partial charge is 0.465 e. The fraction of sp³-hybridized carbons (Fsp3) is 0.789. The van der Waals surface area contributed by atoms with E-state index in [2.05, 4.69) is 0 Å². The highest BCUT2D eigenvalue weighted by molar-refractivity contribution is 5.91. The summed E-state index contributed by atoms with van der Waals surface area (Å²) in [5, 5.41) is 11.0. The first-order chi connectivity index (χ1) is 11.1. The maximum atomic E-state index is 12.1. The van der Waals surface area contributed by atoms with Gasteiger partial charge >= 0.3 is 5.97 Å². The van der Waals surface area contributed by atoms with Crippen LogP contribution in [0.2, 0.25) is 0 Å². The Labute approximate surface area is 136 Å². The topological polar surface area (TPSA) is 63.6 Å². The number of cyclic esters (lactones) is 1. The molecule has 4 nitrogen and oxygen atoms in total. The molecule has 23 heavy (non-hydrogen) atoms. The Bertz CT molecular complexity index is 608. The molecule has 0 aromatic rings. The van der Waals surface area contributed by atoms with Gasteiger partial charge in [-0.15, -0.1) is 0 Å². The smallest absolute Gasteiger partial charge is 0.309 e. The number of hydrogen-bond acceptors (Lipinski definition) is 4. The highest BCUT2D eigenvalue weighted by Gasteiger charge is 2.65. The molecule has 1 heterocycles. The number of aliphatic hydroxyl groups is 1. The molecule has 0 bridgehead atoms. The van der Waals surface area contributed by atoms with E-state index in [4.69, 9.17) is 4.74 Å². The van der Waals surface area contributed by atoms with Crippen molar-refractivity contribution in [3.8, 4) is 0 Å². The molecule has 1 saturated heterocycles. The number of ether oxygens (including phenoxy) is 1. The van der Waals surface area contributed by atoms with Gasteiger partial charge in [0.05, 0.1) is 18.6 Å². The fourth-order valence-electron chi connectivity index (χ4n) is 6.98. The predicted molar refractivity (Wildman–Crippen MR) is 82.3 cm³/mol. The molecule has 5 aliphatic rings. The Kier molecular flexibility index (Phi) is 2.89. The Morgan fingerprint density at radius 3 is 2.87 bits per heavy atom. The SMILES string of the molecule is O=C1C=C2CC[C@@H]3[C@H]([C@@H](O)C[C@]45COC(=O)[C@H]4CC[C@@H]35)[C@H]2CC1. The molecule has 0 radical (unpaired) electrons. The molecule has 1 aliphatic heterocycles. The van der Waals surface area contributed by atoms with Crippen LogP contribution in [0.1, 0.15) is 44.9 Å². The van der Waals surface area contributed by atoms with Crippen LogP contribution in [0.4, 0.5) is 0 Å². The third kappa shape index (κ3) is 1.76. The van der Waals surface area contributed by atoms with E-state index in [1.54, 1.807) is 0 Å². The van der Waals surface area contributed by atoms with Crippen LogP contribution in [0.25, 0.3) is 0 Å². The lowest BCUT2D eigenvalue weighted by Gasteiger charge is -2.54. The number of carbonyl (C=O) groups is 2. The molecular formula is C19H24O4. The zero-order valence-corrected chi connectivity index (χ0v) is 13.4. The number of esters is 1. The molecule has 3 saturated carbocycles. The Morgan fingerprint density at radius 2 is 2.00 bits per heavy atom. The number of rotatable bonds is 0. The number of hydrogen-bond donors (Lipinski definition) is 1. The summed E-state index contributed by atoms with van der Waals surface area (Å²) in [5.74, 6) is 1.93. The van der Waals surface area contributed by atoms with E-state index in [1.165, 1.54) is 5.57 Å². The Balaban J connectivity index is 1.52. The van der Waals surface area contributed by atoms with Gasteiger partial charge < -0.3 is 9.84 Å². The van der Waals surface area contributed by atoms with Crippen LogP contribution >= 0.6 is 0 Å². The van der Waals surface area contributed by atoms with E-state index in [1.807, 2.05) is 6.08 Å². The van der Waals surface area contributed by atoms with Crippen molar-refractivity contribution in [2.24, 2.45) is 35.0 Å². The molecular weight excluding hydrogens is 292 g/mol. The van der Waals surface area contributed by atoms with E-state index in [9.17, 15) is 14.7 Å². The van der Waals surface area contributed by atoms with Crippen LogP contribution in [0.3, 0.4) is 0 Å². The lowest BCUT2D eigenvalue weighted by atomic mass is 9.50.